The van der Waals surface area contributed by atoms with E-state index in [0.717, 1.165) is 60.0 Å². The lowest BCUT2D eigenvalue weighted by Gasteiger charge is -2.36. The number of rotatable bonds is 6. The van der Waals surface area contributed by atoms with E-state index in [9.17, 15) is 0 Å². The van der Waals surface area contributed by atoms with Gasteiger partial charge < -0.3 is 19.1 Å². The molecule has 2 aromatic rings. The van der Waals surface area contributed by atoms with Gasteiger partial charge in [-0.1, -0.05) is 6.07 Å². The van der Waals surface area contributed by atoms with E-state index in [1.54, 1.807) is 21.3 Å². The van der Waals surface area contributed by atoms with Gasteiger partial charge >= 0.3 is 0 Å². The van der Waals surface area contributed by atoms with Crippen molar-refractivity contribution in [1.82, 2.24) is 4.90 Å². The van der Waals surface area contributed by atoms with Gasteiger partial charge in [0, 0.05) is 50.0 Å². The van der Waals surface area contributed by atoms with Crippen molar-refractivity contribution in [3.63, 3.8) is 0 Å². The maximum Gasteiger partial charge on any atom is 0.133 e. The zero-order chi connectivity index (χ0) is 18.5. The van der Waals surface area contributed by atoms with E-state index in [1.165, 1.54) is 5.69 Å². The largest absolute Gasteiger partial charge is 0.497 e. The highest BCUT2D eigenvalue weighted by atomic mass is 79.9. The zero-order valence-electron chi connectivity index (χ0n) is 15.5. The third-order valence-electron chi connectivity index (χ3n) is 4.74. The van der Waals surface area contributed by atoms with Crippen molar-refractivity contribution in [3.8, 4) is 17.2 Å². The average Bonchev–Trinajstić information content (AvgIpc) is 2.69. The van der Waals surface area contributed by atoms with Gasteiger partial charge in [0.15, 0.2) is 0 Å². The molecule has 1 saturated heterocycles. The Hall–Kier alpha value is -1.92. The van der Waals surface area contributed by atoms with Crippen LogP contribution in [0.25, 0.3) is 0 Å². The molecule has 0 unspecified atom stereocenters. The molecular formula is C20H25BrN2O3. The molecule has 1 aliphatic rings. The first-order valence-electron chi connectivity index (χ1n) is 8.66. The molecule has 0 aliphatic carbocycles. The molecule has 2 aromatic carbocycles. The van der Waals surface area contributed by atoms with Gasteiger partial charge in [0.05, 0.1) is 25.8 Å². The second-order valence-electron chi connectivity index (χ2n) is 6.26. The predicted octanol–water partition coefficient (Wildman–Crippen LogP) is 3.80. The summed E-state index contributed by atoms with van der Waals surface area (Å²) in [4.78, 5) is 4.85. The summed E-state index contributed by atoms with van der Waals surface area (Å²) >= 11 is 3.52. The van der Waals surface area contributed by atoms with E-state index >= 15 is 0 Å². The molecule has 26 heavy (non-hydrogen) atoms. The molecule has 140 valence electrons. The van der Waals surface area contributed by atoms with E-state index in [0.29, 0.717) is 0 Å². The monoisotopic (exact) mass is 420 g/mol. The smallest absolute Gasteiger partial charge is 0.133 e. The van der Waals surface area contributed by atoms with Gasteiger partial charge in [-0.15, -0.1) is 0 Å². The molecule has 1 aliphatic heterocycles. The SMILES string of the molecule is COc1cccc(N2CCN(Cc3cc(OC)c(Br)cc3OC)CC2)c1. The van der Waals surface area contributed by atoms with E-state index in [4.69, 9.17) is 14.2 Å². The summed E-state index contributed by atoms with van der Waals surface area (Å²) in [7, 11) is 5.10. The highest BCUT2D eigenvalue weighted by Crippen LogP contribution is 2.33. The van der Waals surface area contributed by atoms with Crippen molar-refractivity contribution in [1.29, 1.82) is 0 Å². The van der Waals surface area contributed by atoms with Crippen LogP contribution in [-0.2, 0) is 6.54 Å². The average molecular weight is 421 g/mol. The Morgan fingerprint density at radius 3 is 2.27 bits per heavy atom. The van der Waals surface area contributed by atoms with Crippen molar-refractivity contribution in [2.75, 3.05) is 52.4 Å². The second-order valence-corrected chi connectivity index (χ2v) is 7.12. The van der Waals surface area contributed by atoms with Gasteiger partial charge in [-0.05, 0) is 40.2 Å². The first kappa shape index (κ1) is 18.9. The first-order valence-corrected chi connectivity index (χ1v) is 9.45. The molecular weight excluding hydrogens is 396 g/mol. The number of hydrogen-bond donors (Lipinski definition) is 0. The van der Waals surface area contributed by atoms with Crippen LogP contribution in [0.4, 0.5) is 5.69 Å². The minimum Gasteiger partial charge on any atom is -0.497 e. The molecule has 0 N–H and O–H groups in total. The molecule has 6 heteroatoms. The van der Waals surface area contributed by atoms with Gasteiger partial charge in [0.2, 0.25) is 0 Å². The Labute approximate surface area is 163 Å². The van der Waals surface area contributed by atoms with E-state index in [-0.39, 0.29) is 0 Å². The van der Waals surface area contributed by atoms with E-state index in [1.807, 2.05) is 18.2 Å². The van der Waals surface area contributed by atoms with Crippen LogP contribution in [-0.4, -0.2) is 52.4 Å². The Balaban J connectivity index is 1.65. The third-order valence-corrected chi connectivity index (χ3v) is 5.36. The topological polar surface area (TPSA) is 34.2 Å². The van der Waals surface area contributed by atoms with Crippen LogP contribution in [0.2, 0.25) is 0 Å². The fourth-order valence-corrected chi connectivity index (χ4v) is 3.74. The Morgan fingerprint density at radius 1 is 0.885 bits per heavy atom. The Kier molecular flexibility index (Phi) is 6.27. The van der Waals surface area contributed by atoms with Crippen molar-refractivity contribution in [3.05, 3.63) is 46.4 Å². The highest BCUT2D eigenvalue weighted by molar-refractivity contribution is 9.10. The maximum absolute atomic E-state index is 5.55. The number of nitrogens with zero attached hydrogens (tertiary/aromatic N) is 2. The molecule has 5 nitrogen and oxygen atoms in total. The summed E-state index contributed by atoms with van der Waals surface area (Å²) in [6, 6.07) is 12.3. The summed E-state index contributed by atoms with van der Waals surface area (Å²) in [5, 5.41) is 0. The summed E-state index contributed by atoms with van der Waals surface area (Å²) in [5.74, 6) is 2.61. The molecule has 0 saturated carbocycles. The number of benzene rings is 2. The molecule has 0 amide bonds. The molecule has 0 bridgehead atoms. The van der Waals surface area contributed by atoms with E-state index in [2.05, 4.69) is 43.9 Å². The molecule has 3 rings (SSSR count). The molecule has 1 heterocycles. The number of ether oxygens (including phenoxy) is 3. The van der Waals surface area contributed by atoms with Crippen molar-refractivity contribution in [2.24, 2.45) is 0 Å². The minimum atomic E-state index is 0.829. The molecule has 0 spiro atoms. The highest BCUT2D eigenvalue weighted by Gasteiger charge is 2.20. The summed E-state index contributed by atoms with van der Waals surface area (Å²) in [6.07, 6.45) is 0. The van der Waals surface area contributed by atoms with Gasteiger partial charge in [0.25, 0.3) is 0 Å². The maximum atomic E-state index is 5.55. The Bertz CT molecular complexity index is 746. The fourth-order valence-electron chi connectivity index (χ4n) is 3.26. The lowest BCUT2D eigenvalue weighted by molar-refractivity contribution is 0.245. The van der Waals surface area contributed by atoms with Crippen molar-refractivity contribution >= 4 is 21.6 Å². The van der Waals surface area contributed by atoms with Crippen LogP contribution >= 0.6 is 15.9 Å². The lowest BCUT2D eigenvalue weighted by Crippen LogP contribution is -2.46. The molecule has 0 atom stereocenters. The number of methoxy groups -OCH3 is 3. The second kappa shape index (κ2) is 8.64. The summed E-state index contributed by atoms with van der Waals surface area (Å²) in [6.45, 7) is 4.82. The fraction of sp³-hybridized carbons (Fsp3) is 0.400. The van der Waals surface area contributed by atoms with Gasteiger partial charge in [0.1, 0.15) is 17.2 Å². The van der Waals surface area contributed by atoms with Crippen LogP contribution in [0.5, 0.6) is 17.2 Å². The van der Waals surface area contributed by atoms with Crippen molar-refractivity contribution in [2.45, 2.75) is 6.54 Å². The van der Waals surface area contributed by atoms with Crippen LogP contribution in [0.15, 0.2) is 40.9 Å². The minimum absolute atomic E-state index is 0.829. The quantitative estimate of drug-likeness (QED) is 0.709. The predicted molar refractivity (Wildman–Crippen MR) is 108 cm³/mol. The van der Waals surface area contributed by atoms with Gasteiger partial charge in [-0.25, -0.2) is 0 Å². The van der Waals surface area contributed by atoms with Crippen LogP contribution < -0.4 is 19.1 Å². The van der Waals surface area contributed by atoms with Gasteiger partial charge in [-0.2, -0.15) is 0 Å². The van der Waals surface area contributed by atoms with Crippen molar-refractivity contribution < 1.29 is 14.2 Å². The number of anilines is 1. The normalized spacial score (nSPS) is 15.0. The zero-order valence-corrected chi connectivity index (χ0v) is 17.1. The first-order chi connectivity index (χ1) is 12.6. The summed E-state index contributed by atoms with van der Waals surface area (Å²) in [5.41, 5.74) is 2.36. The van der Waals surface area contributed by atoms with E-state index < -0.39 is 0 Å². The standard InChI is InChI=1S/C20H25BrN2O3/c1-24-17-6-4-5-16(12-17)23-9-7-22(8-10-23)14-15-11-20(26-3)18(21)13-19(15)25-2/h4-6,11-13H,7-10,14H2,1-3H3. The lowest BCUT2D eigenvalue weighted by atomic mass is 10.1. The van der Waals surface area contributed by atoms with Gasteiger partial charge in [-0.3, -0.25) is 4.90 Å². The summed E-state index contributed by atoms with van der Waals surface area (Å²) < 4.78 is 17.2. The molecule has 0 aromatic heterocycles. The van der Waals surface area contributed by atoms with Crippen LogP contribution in [0, 0.1) is 0 Å². The number of hydrogen-bond acceptors (Lipinski definition) is 5. The Morgan fingerprint density at radius 2 is 1.62 bits per heavy atom. The van der Waals surface area contributed by atoms with Crippen LogP contribution in [0.3, 0.4) is 0 Å². The number of halogens is 1. The molecule has 0 radical (unpaired) electrons. The molecule has 1 fully saturated rings. The number of piperazine rings is 1. The third kappa shape index (κ3) is 4.24. The van der Waals surface area contributed by atoms with Crippen LogP contribution in [0.1, 0.15) is 5.56 Å².